The lowest BCUT2D eigenvalue weighted by atomic mass is 10.1. The molecule has 0 radical (unpaired) electrons. The van der Waals surface area contributed by atoms with Gasteiger partial charge >= 0.3 is 5.91 Å². The van der Waals surface area contributed by atoms with Gasteiger partial charge in [-0.25, -0.2) is 0 Å². The third-order valence-corrected chi connectivity index (χ3v) is 1.00. The summed E-state index contributed by atoms with van der Waals surface area (Å²) in [4.78, 5) is 20.2. The maximum atomic E-state index is 10.5. The van der Waals surface area contributed by atoms with Gasteiger partial charge in [0.2, 0.25) is 0 Å². The van der Waals surface area contributed by atoms with Crippen molar-refractivity contribution in [3.63, 3.8) is 0 Å². The molecule has 1 amide bonds. The second kappa shape index (κ2) is 3.93. The SMILES string of the molecule is CC(=CC(C)C)C(=O)N=O. The standard InChI is InChI=1S/C7H11NO2/c1-5(2)4-6(3)7(9)8-10/h4-5H,1-3H3. The molecule has 0 N–H and O–H groups in total. The fraction of sp³-hybridized carbons (Fsp3) is 0.571. The second-order valence-corrected chi connectivity index (χ2v) is 2.49. The number of carbonyl (C=O) groups excluding carboxylic acids is 1. The van der Waals surface area contributed by atoms with Gasteiger partial charge in [0.15, 0.2) is 0 Å². The number of rotatable bonds is 2. The lowest BCUT2D eigenvalue weighted by Gasteiger charge is -1.94. The smallest absolute Gasteiger partial charge is 0.264 e. The summed E-state index contributed by atoms with van der Waals surface area (Å²) >= 11 is 0. The molecule has 0 spiro atoms. The minimum atomic E-state index is -0.672. The summed E-state index contributed by atoms with van der Waals surface area (Å²) in [5.74, 6) is -0.389. The highest BCUT2D eigenvalue weighted by Gasteiger charge is 2.02. The summed E-state index contributed by atoms with van der Waals surface area (Å²) in [5.41, 5.74) is 0.421. The summed E-state index contributed by atoms with van der Waals surface area (Å²) in [6.45, 7) is 5.45. The van der Waals surface area contributed by atoms with E-state index in [0.29, 0.717) is 5.57 Å². The van der Waals surface area contributed by atoms with Gasteiger partial charge in [-0.2, -0.15) is 0 Å². The predicted octanol–water partition coefficient (Wildman–Crippen LogP) is 1.88. The highest BCUT2D eigenvalue weighted by atomic mass is 16.3. The first kappa shape index (κ1) is 9.01. The zero-order valence-corrected chi connectivity index (χ0v) is 6.42. The van der Waals surface area contributed by atoms with Crippen LogP contribution in [0.4, 0.5) is 0 Å². The Morgan fingerprint density at radius 1 is 1.50 bits per heavy atom. The van der Waals surface area contributed by atoms with Gasteiger partial charge in [0.1, 0.15) is 0 Å². The molecule has 0 saturated carbocycles. The number of hydrogen-bond acceptors (Lipinski definition) is 2. The number of nitroso groups, excluding NO2 is 1. The zero-order valence-electron chi connectivity index (χ0n) is 6.42. The molecule has 0 atom stereocenters. The Morgan fingerprint density at radius 2 is 2.00 bits per heavy atom. The second-order valence-electron chi connectivity index (χ2n) is 2.49. The Kier molecular flexibility index (Phi) is 3.54. The molecular weight excluding hydrogens is 130 g/mol. The number of amides is 1. The molecule has 0 fully saturated rings. The third kappa shape index (κ3) is 3.12. The van der Waals surface area contributed by atoms with E-state index in [1.165, 1.54) is 0 Å². The van der Waals surface area contributed by atoms with Crippen molar-refractivity contribution in [2.45, 2.75) is 20.8 Å². The molecule has 10 heavy (non-hydrogen) atoms. The summed E-state index contributed by atoms with van der Waals surface area (Å²) in [7, 11) is 0. The van der Waals surface area contributed by atoms with Crippen molar-refractivity contribution in [2.24, 2.45) is 11.1 Å². The first-order chi connectivity index (χ1) is 4.57. The molecule has 0 rings (SSSR count). The average Bonchev–Trinajstić information content (AvgIpc) is 1.85. The number of allylic oxidation sites excluding steroid dienone is 1. The van der Waals surface area contributed by atoms with Crippen LogP contribution in [0.1, 0.15) is 20.8 Å². The highest BCUT2D eigenvalue weighted by Crippen LogP contribution is 2.02. The topological polar surface area (TPSA) is 46.5 Å². The minimum Gasteiger partial charge on any atom is -0.264 e. The Balaban J connectivity index is 4.19. The van der Waals surface area contributed by atoms with Crippen molar-refractivity contribution < 1.29 is 4.79 Å². The molecule has 0 unspecified atom stereocenters. The normalized spacial score (nSPS) is 11.8. The van der Waals surface area contributed by atoms with Gasteiger partial charge in [0, 0.05) is 10.7 Å². The number of nitrogens with zero attached hydrogens (tertiary/aromatic N) is 1. The molecule has 0 aromatic rings. The Hall–Kier alpha value is -0.990. The van der Waals surface area contributed by atoms with Gasteiger partial charge in [-0.3, -0.25) is 4.79 Å². The van der Waals surface area contributed by atoms with Crippen LogP contribution in [0.5, 0.6) is 0 Å². The van der Waals surface area contributed by atoms with Gasteiger partial charge in [-0.15, -0.1) is 4.91 Å². The van der Waals surface area contributed by atoms with Crippen molar-refractivity contribution in [2.75, 3.05) is 0 Å². The van der Waals surface area contributed by atoms with E-state index in [0.717, 1.165) is 0 Å². The Labute approximate surface area is 60.1 Å². The molecule has 56 valence electrons. The van der Waals surface area contributed by atoms with Crippen LogP contribution in [0.15, 0.2) is 16.8 Å². The van der Waals surface area contributed by atoms with Crippen LogP contribution in [0.3, 0.4) is 0 Å². The maximum absolute atomic E-state index is 10.5. The van der Waals surface area contributed by atoms with Crippen molar-refractivity contribution in [1.82, 2.24) is 0 Å². The predicted molar refractivity (Wildman–Crippen MR) is 39.4 cm³/mol. The van der Waals surface area contributed by atoms with Crippen LogP contribution in [0.2, 0.25) is 0 Å². The van der Waals surface area contributed by atoms with Crippen LogP contribution in [0.25, 0.3) is 0 Å². The molecule has 0 aromatic heterocycles. The molecule has 0 bridgehead atoms. The van der Waals surface area contributed by atoms with Gasteiger partial charge in [0.05, 0.1) is 0 Å². The van der Waals surface area contributed by atoms with E-state index in [1.54, 1.807) is 13.0 Å². The fourth-order valence-corrected chi connectivity index (χ4v) is 0.643. The van der Waals surface area contributed by atoms with Gasteiger partial charge in [-0.1, -0.05) is 19.9 Å². The van der Waals surface area contributed by atoms with Crippen LogP contribution in [-0.4, -0.2) is 5.91 Å². The fourth-order valence-electron chi connectivity index (χ4n) is 0.643. The van der Waals surface area contributed by atoms with Crippen LogP contribution < -0.4 is 0 Å². The molecule has 3 nitrogen and oxygen atoms in total. The highest BCUT2D eigenvalue weighted by molar-refractivity contribution is 5.93. The summed E-state index contributed by atoms with van der Waals surface area (Å²) in [6.07, 6.45) is 1.71. The van der Waals surface area contributed by atoms with E-state index in [1.807, 2.05) is 13.8 Å². The van der Waals surface area contributed by atoms with E-state index in [-0.39, 0.29) is 5.92 Å². The quantitative estimate of drug-likeness (QED) is 0.435. The lowest BCUT2D eigenvalue weighted by Crippen LogP contribution is -1.95. The largest absolute Gasteiger partial charge is 0.312 e. The van der Waals surface area contributed by atoms with Gasteiger partial charge < -0.3 is 0 Å². The molecular formula is C7H11NO2. The number of carbonyl (C=O) groups is 1. The van der Waals surface area contributed by atoms with Crippen LogP contribution in [0, 0.1) is 10.8 Å². The van der Waals surface area contributed by atoms with Crippen molar-refractivity contribution in [3.05, 3.63) is 16.6 Å². The van der Waals surface area contributed by atoms with E-state index in [2.05, 4.69) is 5.18 Å². The van der Waals surface area contributed by atoms with Crippen LogP contribution in [-0.2, 0) is 4.79 Å². The zero-order chi connectivity index (χ0) is 8.15. The number of hydrogen-bond donors (Lipinski definition) is 0. The summed E-state index contributed by atoms with van der Waals surface area (Å²) in [5, 5.41) is 2.28. The molecule has 0 aromatic carbocycles. The monoisotopic (exact) mass is 141 g/mol. The average molecular weight is 141 g/mol. The van der Waals surface area contributed by atoms with E-state index in [4.69, 9.17) is 0 Å². The maximum Gasteiger partial charge on any atom is 0.312 e. The van der Waals surface area contributed by atoms with E-state index >= 15 is 0 Å². The first-order valence-electron chi connectivity index (χ1n) is 3.14. The Morgan fingerprint density at radius 3 is 2.30 bits per heavy atom. The Bertz CT molecular complexity index is 170. The molecule has 0 heterocycles. The molecule has 3 heteroatoms. The molecule has 0 saturated heterocycles. The van der Waals surface area contributed by atoms with Crippen molar-refractivity contribution in [1.29, 1.82) is 0 Å². The van der Waals surface area contributed by atoms with Crippen molar-refractivity contribution >= 4 is 5.91 Å². The van der Waals surface area contributed by atoms with E-state index in [9.17, 15) is 9.70 Å². The van der Waals surface area contributed by atoms with Crippen molar-refractivity contribution in [3.8, 4) is 0 Å². The molecule has 0 aliphatic heterocycles. The minimum absolute atomic E-state index is 0.283. The molecule has 0 aliphatic rings. The van der Waals surface area contributed by atoms with E-state index < -0.39 is 5.91 Å². The first-order valence-corrected chi connectivity index (χ1v) is 3.14. The summed E-state index contributed by atoms with van der Waals surface area (Å²) < 4.78 is 0. The van der Waals surface area contributed by atoms with Gasteiger partial charge in [-0.05, 0) is 12.8 Å². The lowest BCUT2D eigenvalue weighted by molar-refractivity contribution is -0.114. The van der Waals surface area contributed by atoms with Crippen LogP contribution >= 0.6 is 0 Å². The summed E-state index contributed by atoms with van der Waals surface area (Å²) in [6, 6.07) is 0. The molecule has 0 aliphatic carbocycles. The third-order valence-electron chi connectivity index (χ3n) is 1.00. The van der Waals surface area contributed by atoms with Gasteiger partial charge in [0.25, 0.3) is 0 Å².